The molecule has 0 bridgehead atoms. The van der Waals surface area contributed by atoms with Gasteiger partial charge in [0.05, 0.1) is 5.60 Å². The Morgan fingerprint density at radius 2 is 2.27 bits per heavy atom. The van der Waals surface area contributed by atoms with E-state index in [0.717, 1.165) is 31.6 Å². The van der Waals surface area contributed by atoms with Gasteiger partial charge < -0.3 is 10.5 Å². The van der Waals surface area contributed by atoms with Crippen LogP contribution in [0.1, 0.15) is 38.5 Å². The zero-order valence-corrected chi connectivity index (χ0v) is 10.1. The van der Waals surface area contributed by atoms with Crippen LogP contribution in [0, 0.1) is 0 Å². The summed E-state index contributed by atoms with van der Waals surface area (Å²) in [6.45, 7) is 1.46. The summed E-state index contributed by atoms with van der Waals surface area (Å²) in [7, 11) is -0.681. The van der Waals surface area contributed by atoms with Crippen molar-refractivity contribution in [2.24, 2.45) is 5.73 Å². The summed E-state index contributed by atoms with van der Waals surface area (Å²) in [5.41, 5.74) is 5.56. The minimum absolute atomic E-state index is 0.126. The Morgan fingerprint density at radius 1 is 1.47 bits per heavy atom. The minimum Gasteiger partial charge on any atom is -0.375 e. The molecule has 2 atom stereocenters. The van der Waals surface area contributed by atoms with Crippen LogP contribution >= 0.6 is 0 Å². The van der Waals surface area contributed by atoms with Gasteiger partial charge in [0.15, 0.2) is 0 Å². The van der Waals surface area contributed by atoms with Gasteiger partial charge in [-0.3, -0.25) is 4.21 Å². The molecule has 0 radical (unpaired) electrons. The topological polar surface area (TPSA) is 52.3 Å². The molecule has 2 N–H and O–H groups in total. The SMILES string of the molecule is NCCCS(=O)C1CCOC2(CCC2)C1. The second-order valence-corrected chi connectivity index (χ2v) is 6.56. The zero-order chi connectivity index (χ0) is 10.7. The average molecular weight is 231 g/mol. The highest BCUT2D eigenvalue weighted by atomic mass is 32.2. The normalized spacial score (nSPS) is 31.1. The molecule has 1 aliphatic carbocycles. The zero-order valence-electron chi connectivity index (χ0n) is 9.24. The van der Waals surface area contributed by atoms with E-state index < -0.39 is 10.8 Å². The smallest absolute Gasteiger partial charge is 0.0694 e. The standard InChI is InChI=1S/C11H21NO2S/c12-6-2-8-15(13)10-3-7-14-11(9-10)4-1-5-11/h10H,1-9,12H2. The summed E-state index contributed by atoms with van der Waals surface area (Å²) >= 11 is 0. The van der Waals surface area contributed by atoms with Crippen LogP contribution < -0.4 is 5.73 Å². The van der Waals surface area contributed by atoms with Crippen molar-refractivity contribution in [3.63, 3.8) is 0 Å². The van der Waals surface area contributed by atoms with E-state index in [2.05, 4.69) is 0 Å². The quantitative estimate of drug-likeness (QED) is 0.790. The number of rotatable bonds is 4. The Labute approximate surface area is 94.2 Å². The molecular weight excluding hydrogens is 210 g/mol. The molecule has 2 fully saturated rings. The van der Waals surface area contributed by atoms with E-state index in [4.69, 9.17) is 10.5 Å². The lowest BCUT2D eigenvalue weighted by atomic mass is 9.75. The third-order valence-electron chi connectivity index (χ3n) is 3.63. The van der Waals surface area contributed by atoms with E-state index in [-0.39, 0.29) is 5.60 Å². The molecule has 15 heavy (non-hydrogen) atoms. The molecule has 0 aromatic rings. The molecule has 1 saturated heterocycles. The minimum atomic E-state index is -0.681. The van der Waals surface area contributed by atoms with E-state index in [9.17, 15) is 4.21 Å². The molecule has 1 spiro atoms. The molecule has 0 aromatic carbocycles. The number of hydrogen-bond donors (Lipinski definition) is 1. The van der Waals surface area contributed by atoms with Gasteiger partial charge in [0, 0.05) is 28.4 Å². The predicted molar refractivity (Wildman–Crippen MR) is 62.2 cm³/mol. The molecule has 3 nitrogen and oxygen atoms in total. The van der Waals surface area contributed by atoms with Gasteiger partial charge >= 0.3 is 0 Å². The van der Waals surface area contributed by atoms with Crippen LogP contribution in [0.25, 0.3) is 0 Å². The fourth-order valence-corrected chi connectivity index (χ4v) is 4.15. The summed E-state index contributed by atoms with van der Waals surface area (Å²) in [4.78, 5) is 0. The van der Waals surface area contributed by atoms with Crippen LogP contribution in [0.2, 0.25) is 0 Å². The lowest BCUT2D eigenvalue weighted by Gasteiger charge is -2.46. The first kappa shape index (κ1) is 11.6. The first-order valence-corrected chi connectivity index (χ1v) is 7.35. The maximum Gasteiger partial charge on any atom is 0.0694 e. The summed E-state index contributed by atoms with van der Waals surface area (Å²) in [5, 5.41) is 0.366. The molecular formula is C11H21NO2S. The van der Waals surface area contributed by atoms with Gasteiger partial charge in [-0.2, -0.15) is 0 Å². The Kier molecular flexibility index (Phi) is 3.80. The third-order valence-corrected chi connectivity index (χ3v) is 5.47. The Balaban J connectivity index is 1.84. The number of ether oxygens (including phenoxy) is 1. The maximum atomic E-state index is 12.0. The molecule has 0 amide bonds. The van der Waals surface area contributed by atoms with Crippen molar-refractivity contribution in [3.05, 3.63) is 0 Å². The predicted octanol–water partition coefficient (Wildman–Crippen LogP) is 1.19. The van der Waals surface area contributed by atoms with Crippen LogP contribution in [0.5, 0.6) is 0 Å². The summed E-state index contributed by atoms with van der Waals surface area (Å²) in [6.07, 6.45) is 6.51. The van der Waals surface area contributed by atoms with Crippen LogP contribution in [-0.4, -0.2) is 34.0 Å². The van der Waals surface area contributed by atoms with E-state index in [1.54, 1.807) is 0 Å². The summed E-state index contributed by atoms with van der Waals surface area (Å²) in [5.74, 6) is 0.775. The lowest BCUT2D eigenvalue weighted by molar-refractivity contribution is -0.125. The lowest BCUT2D eigenvalue weighted by Crippen LogP contribution is -2.48. The number of nitrogens with two attached hydrogens (primary N) is 1. The van der Waals surface area contributed by atoms with Gasteiger partial charge in [0.1, 0.15) is 0 Å². The van der Waals surface area contributed by atoms with E-state index in [1.165, 1.54) is 19.3 Å². The highest BCUT2D eigenvalue weighted by molar-refractivity contribution is 7.85. The summed E-state index contributed by atoms with van der Waals surface area (Å²) in [6, 6.07) is 0. The Morgan fingerprint density at radius 3 is 2.87 bits per heavy atom. The van der Waals surface area contributed by atoms with Gasteiger partial charge in [-0.05, 0) is 45.1 Å². The van der Waals surface area contributed by atoms with E-state index in [1.807, 2.05) is 0 Å². The van der Waals surface area contributed by atoms with Crippen molar-refractivity contribution in [1.82, 2.24) is 0 Å². The van der Waals surface area contributed by atoms with Crippen LogP contribution in [0.15, 0.2) is 0 Å². The van der Waals surface area contributed by atoms with Crippen LogP contribution in [-0.2, 0) is 15.5 Å². The van der Waals surface area contributed by atoms with Gasteiger partial charge in [-0.1, -0.05) is 0 Å². The molecule has 0 aromatic heterocycles. The van der Waals surface area contributed by atoms with Crippen molar-refractivity contribution < 1.29 is 8.95 Å². The maximum absolute atomic E-state index is 12.0. The van der Waals surface area contributed by atoms with Crippen molar-refractivity contribution in [1.29, 1.82) is 0 Å². The molecule has 2 aliphatic rings. The summed E-state index contributed by atoms with van der Waals surface area (Å²) < 4.78 is 17.8. The van der Waals surface area contributed by atoms with E-state index >= 15 is 0 Å². The molecule has 4 heteroatoms. The van der Waals surface area contributed by atoms with Crippen molar-refractivity contribution in [2.75, 3.05) is 18.9 Å². The second kappa shape index (κ2) is 4.93. The Bertz CT molecular complexity index is 241. The molecule has 1 heterocycles. The largest absolute Gasteiger partial charge is 0.375 e. The average Bonchev–Trinajstić information content (AvgIpc) is 2.24. The van der Waals surface area contributed by atoms with Crippen molar-refractivity contribution in [2.45, 2.75) is 49.4 Å². The van der Waals surface area contributed by atoms with Gasteiger partial charge in [-0.25, -0.2) is 0 Å². The first-order valence-electron chi connectivity index (χ1n) is 5.97. The highest BCUT2D eigenvalue weighted by Gasteiger charge is 2.43. The van der Waals surface area contributed by atoms with Crippen molar-refractivity contribution in [3.8, 4) is 0 Å². The van der Waals surface area contributed by atoms with Gasteiger partial charge in [0.25, 0.3) is 0 Å². The fraction of sp³-hybridized carbons (Fsp3) is 1.00. The van der Waals surface area contributed by atoms with Crippen LogP contribution in [0.3, 0.4) is 0 Å². The fourth-order valence-electron chi connectivity index (χ4n) is 2.52. The van der Waals surface area contributed by atoms with Crippen molar-refractivity contribution >= 4 is 10.8 Å². The first-order chi connectivity index (χ1) is 7.26. The van der Waals surface area contributed by atoms with E-state index in [0.29, 0.717) is 11.8 Å². The molecule has 2 rings (SSSR count). The molecule has 88 valence electrons. The molecule has 2 unspecified atom stereocenters. The monoisotopic (exact) mass is 231 g/mol. The van der Waals surface area contributed by atoms with Gasteiger partial charge in [0.2, 0.25) is 0 Å². The molecule has 1 saturated carbocycles. The molecule has 1 aliphatic heterocycles. The Hall–Kier alpha value is 0.0700. The van der Waals surface area contributed by atoms with Gasteiger partial charge in [-0.15, -0.1) is 0 Å². The second-order valence-electron chi connectivity index (χ2n) is 4.73. The highest BCUT2D eigenvalue weighted by Crippen LogP contribution is 2.43. The van der Waals surface area contributed by atoms with Crippen LogP contribution in [0.4, 0.5) is 0 Å². The third kappa shape index (κ3) is 2.60. The number of hydrogen-bond acceptors (Lipinski definition) is 3.